The molecule has 2 unspecified atom stereocenters. The lowest BCUT2D eigenvalue weighted by atomic mass is 9.82. The van der Waals surface area contributed by atoms with Crippen molar-refractivity contribution in [2.45, 2.75) is 18.4 Å². The van der Waals surface area contributed by atoms with Gasteiger partial charge in [-0.2, -0.15) is 11.8 Å². The van der Waals surface area contributed by atoms with Crippen LogP contribution in [0.5, 0.6) is 0 Å². The smallest absolute Gasteiger partial charge is 0.0837 e. The first-order valence-corrected chi connectivity index (χ1v) is 11.3. The van der Waals surface area contributed by atoms with Gasteiger partial charge < -0.3 is 16.0 Å². The van der Waals surface area contributed by atoms with E-state index in [2.05, 4.69) is 34.5 Å². The highest BCUT2D eigenvalue weighted by molar-refractivity contribution is 7.99. The Hall–Kier alpha value is -1.27. The van der Waals surface area contributed by atoms with Crippen molar-refractivity contribution in [3.8, 4) is 0 Å². The van der Waals surface area contributed by atoms with Crippen molar-refractivity contribution in [2.75, 3.05) is 36.9 Å². The quantitative estimate of drug-likeness (QED) is 0.567. The van der Waals surface area contributed by atoms with E-state index in [9.17, 15) is 0 Å². The number of thioether (sulfide) groups is 1. The number of nitrogens with one attached hydrogen (secondary N) is 1. The molecule has 2 aromatic rings. The van der Waals surface area contributed by atoms with Crippen molar-refractivity contribution >= 4 is 46.3 Å². The minimum Gasteiger partial charge on any atom is -0.398 e. The molecule has 0 saturated carbocycles. The molecule has 0 aromatic heterocycles. The van der Waals surface area contributed by atoms with Gasteiger partial charge >= 0.3 is 0 Å². The number of nitrogen functional groups attached to an aromatic ring is 1. The lowest BCUT2D eigenvalue weighted by Crippen LogP contribution is -2.40. The highest BCUT2D eigenvalue weighted by Crippen LogP contribution is 2.38. The second kappa shape index (κ2) is 8.39. The third-order valence-electron chi connectivity index (χ3n) is 5.48. The predicted octanol–water partition coefficient (Wildman–Crippen LogP) is 4.46. The summed E-state index contributed by atoms with van der Waals surface area (Å²) in [5.74, 6) is 2.75. The topological polar surface area (TPSA) is 41.3 Å². The molecule has 3 nitrogen and oxygen atoms in total. The van der Waals surface area contributed by atoms with Gasteiger partial charge in [0.2, 0.25) is 0 Å². The van der Waals surface area contributed by atoms with Crippen LogP contribution in [0.1, 0.15) is 35.1 Å². The molecule has 2 atom stereocenters. The van der Waals surface area contributed by atoms with Crippen LogP contribution >= 0.6 is 35.6 Å². The second-order valence-corrected chi connectivity index (χ2v) is 9.22. The molecule has 0 aliphatic carbocycles. The lowest BCUT2D eigenvalue weighted by molar-refractivity contribution is 0.295. The van der Waals surface area contributed by atoms with Crippen molar-refractivity contribution in [1.29, 1.82) is 0 Å². The number of thiocarbonyl (C=S) groups is 1. The Morgan fingerprint density at radius 3 is 2.63 bits per heavy atom. The molecule has 142 valence electrons. The Labute approximate surface area is 175 Å². The second-order valence-electron chi connectivity index (χ2n) is 7.15. The van der Waals surface area contributed by atoms with E-state index in [4.69, 9.17) is 29.6 Å². The maximum atomic E-state index is 6.11. The van der Waals surface area contributed by atoms with Gasteiger partial charge in [0, 0.05) is 30.5 Å². The molecular weight excluding hydrogens is 394 g/mol. The van der Waals surface area contributed by atoms with Crippen LogP contribution in [-0.4, -0.2) is 41.0 Å². The SMILES string of the molecule is Nc1cc(C2NC(=S)C(CCN3CCSCC3)c3ccccc32)ccc1Cl. The van der Waals surface area contributed by atoms with Crippen LogP contribution in [0.15, 0.2) is 42.5 Å². The van der Waals surface area contributed by atoms with Crippen molar-refractivity contribution < 1.29 is 0 Å². The summed E-state index contributed by atoms with van der Waals surface area (Å²) in [6, 6.07) is 14.5. The molecule has 27 heavy (non-hydrogen) atoms. The molecule has 2 heterocycles. The Balaban J connectivity index is 1.59. The average Bonchev–Trinajstić information content (AvgIpc) is 2.70. The summed E-state index contributed by atoms with van der Waals surface area (Å²) < 4.78 is 0. The average molecular weight is 418 g/mol. The van der Waals surface area contributed by atoms with Gasteiger partial charge in [-0.3, -0.25) is 0 Å². The maximum absolute atomic E-state index is 6.11. The third kappa shape index (κ3) is 4.11. The maximum Gasteiger partial charge on any atom is 0.0837 e. The van der Waals surface area contributed by atoms with Gasteiger partial charge in [0.05, 0.1) is 21.7 Å². The minimum atomic E-state index is 0.0240. The third-order valence-corrected chi connectivity index (χ3v) is 7.17. The number of rotatable bonds is 4. The summed E-state index contributed by atoms with van der Waals surface area (Å²) in [4.78, 5) is 3.49. The predicted molar refractivity (Wildman–Crippen MR) is 121 cm³/mol. The molecule has 3 N–H and O–H groups in total. The summed E-state index contributed by atoms with van der Waals surface area (Å²) in [5.41, 5.74) is 10.4. The zero-order chi connectivity index (χ0) is 18.8. The highest BCUT2D eigenvalue weighted by atomic mass is 35.5. The van der Waals surface area contributed by atoms with E-state index in [0.29, 0.717) is 10.7 Å². The van der Waals surface area contributed by atoms with Gasteiger partial charge in [0.1, 0.15) is 0 Å². The van der Waals surface area contributed by atoms with Crippen LogP contribution in [-0.2, 0) is 0 Å². The van der Waals surface area contributed by atoms with Crippen LogP contribution in [0.4, 0.5) is 5.69 Å². The number of benzene rings is 2. The molecule has 0 spiro atoms. The molecule has 2 aliphatic heterocycles. The van der Waals surface area contributed by atoms with Crippen LogP contribution in [0.2, 0.25) is 5.02 Å². The Kier molecular flexibility index (Phi) is 5.93. The molecule has 4 rings (SSSR count). The molecular formula is C21H24ClN3S2. The van der Waals surface area contributed by atoms with Gasteiger partial charge in [-0.25, -0.2) is 0 Å². The first kappa shape index (κ1) is 19.1. The number of fused-ring (bicyclic) bond motifs is 1. The number of halogens is 1. The summed E-state index contributed by atoms with van der Waals surface area (Å²) in [7, 11) is 0. The van der Waals surface area contributed by atoms with E-state index >= 15 is 0 Å². The van der Waals surface area contributed by atoms with Crippen molar-refractivity contribution in [2.24, 2.45) is 0 Å². The van der Waals surface area contributed by atoms with E-state index in [0.717, 1.165) is 23.5 Å². The zero-order valence-electron chi connectivity index (χ0n) is 15.2. The monoisotopic (exact) mass is 417 g/mol. The molecule has 1 fully saturated rings. The molecule has 1 saturated heterocycles. The Morgan fingerprint density at radius 1 is 1.15 bits per heavy atom. The fourth-order valence-corrected chi connectivity index (χ4v) is 5.44. The lowest BCUT2D eigenvalue weighted by Gasteiger charge is -2.36. The Bertz CT molecular complexity index is 836. The number of hydrogen-bond acceptors (Lipinski definition) is 4. The zero-order valence-corrected chi connectivity index (χ0v) is 17.5. The number of nitrogens with two attached hydrogens (primary N) is 1. The molecule has 6 heteroatoms. The van der Waals surface area contributed by atoms with Crippen LogP contribution < -0.4 is 11.1 Å². The molecule has 0 radical (unpaired) electrons. The van der Waals surface area contributed by atoms with Gasteiger partial charge in [-0.05, 0) is 41.8 Å². The largest absolute Gasteiger partial charge is 0.398 e. The summed E-state index contributed by atoms with van der Waals surface area (Å²) in [6.07, 6.45) is 1.06. The van der Waals surface area contributed by atoms with Crippen LogP contribution in [0.25, 0.3) is 0 Å². The van der Waals surface area contributed by atoms with E-state index in [1.165, 1.54) is 35.7 Å². The fraction of sp³-hybridized carbons (Fsp3) is 0.381. The number of hydrogen-bond donors (Lipinski definition) is 2. The van der Waals surface area contributed by atoms with E-state index in [1.54, 1.807) is 0 Å². The molecule has 2 aromatic carbocycles. The van der Waals surface area contributed by atoms with E-state index in [-0.39, 0.29) is 12.0 Å². The van der Waals surface area contributed by atoms with Crippen molar-refractivity contribution in [3.63, 3.8) is 0 Å². The number of nitrogens with zero attached hydrogens (tertiary/aromatic N) is 1. The first-order valence-electron chi connectivity index (χ1n) is 9.37. The summed E-state index contributed by atoms with van der Waals surface area (Å²) in [5, 5.41) is 4.17. The standard InChI is InChI=1S/C21H24ClN3S2/c22-18-6-5-14(13-19(18)23)20-16-4-2-1-3-15(16)17(21(26)24-20)7-8-25-9-11-27-12-10-25/h1-6,13,17,20H,7-12,23H2,(H,24,26). The molecule has 0 amide bonds. The van der Waals surface area contributed by atoms with Gasteiger partial charge in [0.15, 0.2) is 0 Å². The Morgan fingerprint density at radius 2 is 1.89 bits per heavy atom. The minimum absolute atomic E-state index is 0.0240. The van der Waals surface area contributed by atoms with Gasteiger partial charge in [-0.1, -0.05) is 54.2 Å². The molecule has 2 aliphatic rings. The van der Waals surface area contributed by atoms with Crippen molar-refractivity contribution in [1.82, 2.24) is 10.2 Å². The molecule has 0 bridgehead atoms. The summed E-state index contributed by atoms with van der Waals surface area (Å²) >= 11 is 14.0. The highest BCUT2D eigenvalue weighted by Gasteiger charge is 2.31. The van der Waals surface area contributed by atoms with Crippen molar-refractivity contribution in [3.05, 3.63) is 64.2 Å². The van der Waals surface area contributed by atoms with E-state index in [1.807, 2.05) is 30.0 Å². The van der Waals surface area contributed by atoms with Gasteiger partial charge in [-0.15, -0.1) is 0 Å². The van der Waals surface area contributed by atoms with Gasteiger partial charge in [0.25, 0.3) is 0 Å². The summed E-state index contributed by atoms with van der Waals surface area (Å²) in [6.45, 7) is 3.47. The number of anilines is 1. The van der Waals surface area contributed by atoms with Crippen LogP contribution in [0, 0.1) is 0 Å². The fourth-order valence-electron chi connectivity index (χ4n) is 3.98. The normalized spacial score (nSPS) is 22.9. The van der Waals surface area contributed by atoms with E-state index < -0.39 is 0 Å². The van der Waals surface area contributed by atoms with Crippen LogP contribution in [0.3, 0.4) is 0 Å². The first-order chi connectivity index (χ1) is 13.1.